The number of hydrogen-bond donors (Lipinski definition) is 1. The van der Waals surface area contributed by atoms with Crippen LogP contribution in [0.4, 0.5) is 29.1 Å². The van der Waals surface area contributed by atoms with Gasteiger partial charge in [-0.2, -0.15) is 8.78 Å². The summed E-state index contributed by atoms with van der Waals surface area (Å²) < 4.78 is 57.6. The predicted molar refractivity (Wildman–Crippen MR) is 97.2 cm³/mol. The molecular formula is C19H13F4N5O. The van der Waals surface area contributed by atoms with Crippen LogP contribution in [0.25, 0.3) is 17.2 Å². The number of halogens is 4. The van der Waals surface area contributed by atoms with Crippen molar-refractivity contribution in [1.82, 2.24) is 19.4 Å². The molecule has 29 heavy (non-hydrogen) atoms. The Bertz CT molecular complexity index is 1190. The minimum atomic E-state index is -3.12. The average Bonchev–Trinajstić information content (AvgIpc) is 2.99. The molecule has 3 aromatic heterocycles. The Hall–Kier alpha value is -3.69. The van der Waals surface area contributed by atoms with Gasteiger partial charge in [0.25, 0.3) is 0 Å². The van der Waals surface area contributed by atoms with Crippen molar-refractivity contribution >= 4 is 17.3 Å². The molecule has 3 heterocycles. The number of ether oxygens (including phenoxy) is 1. The van der Waals surface area contributed by atoms with E-state index >= 15 is 0 Å². The molecule has 0 radical (unpaired) electrons. The normalized spacial score (nSPS) is 11.2. The van der Waals surface area contributed by atoms with Crippen molar-refractivity contribution in [3.8, 4) is 17.1 Å². The Kier molecular flexibility index (Phi) is 4.75. The maximum Gasteiger partial charge on any atom is 0.387 e. The molecule has 0 fully saturated rings. The first-order chi connectivity index (χ1) is 13.9. The van der Waals surface area contributed by atoms with Crippen LogP contribution >= 0.6 is 0 Å². The number of aryl methyl sites for hydroxylation is 1. The minimum Gasteiger partial charge on any atom is -0.432 e. The molecule has 0 amide bonds. The lowest BCUT2D eigenvalue weighted by atomic mass is 10.2. The van der Waals surface area contributed by atoms with Gasteiger partial charge in [-0.3, -0.25) is 4.40 Å². The number of alkyl halides is 2. The molecule has 0 unspecified atom stereocenters. The van der Waals surface area contributed by atoms with E-state index in [1.165, 1.54) is 16.7 Å². The lowest BCUT2D eigenvalue weighted by Crippen LogP contribution is -2.04. The van der Waals surface area contributed by atoms with Crippen LogP contribution in [0.1, 0.15) is 5.69 Å². The van der Waals surface area contributed by atoms with Crippen molar-refractivity contribution in [2.24, 2.45) is 0 Å². The van der Waals surface area contributed by atoms with Gasteiger partial charge in [-0.05, 0) is 31.2 Å². The SMILES string of the molecule is Cc1nc2ncc(F)cn2c1-c1cccc(Nc2ccc(OC(F)F)c(F)c2)n1. The molecule has 0 aliphatic heterocycles. The van der Waals surface area contributed by atoms with E-state index in [9.17, 15) is 17.6 Å². The highest BCUT2D eigenvalue weighted by Crippen LogP contribution is 2.27. The summed E-state index contributed by atoms with van der Waals surface area (Å²) in [5.41, 5.74) is 1.94. The Morgan fingerprint density at radius 3 is 2.69 bits per heavy atom. The quantitative estimate of drug-likeness (QED) is 0.489. The van der Waals surface area contributed by atoms with Gasteiger partial charge in [0.15, 0.2) is 17.4 Å². The maximum atomic E-state index is 13.9. The summed E-state index contributed by atoms with van der Waals surface area (Å²) in [6, 6.07) is 8.56. The van der Waals surface area contributed by atoms with E-state index in [2.05, 4.69) is 25.0 Å². The van der Waals surface area contributed by atoms with Gasteiger partial charge in [-0.15, -0.1) is 0 Å². The molecule has 0 spiro atoms. The molecule has 4 rings (SSSR count). The van der Waals surface area contributed by atoms with E-state index in [4.69, 9.17) is 0 Å². The number of aromatic nitrogens is 4. The number of anilines is 2. The van der Waals surface area contributed by atoms with Gasteiger partial charge in [-0.1, -0.05) is 6.07 Å². The third-order valence-corrected chi connectivity index (χ3v) is 4.03. The molecule has 4 aromatic rings. The molecule has 148 valence electrons. The van der Waals surface area contributed by atoms with Crippen LogP contribution in [0.3, 0.4) is 0 Å². The highest BCUT2D eigenvalue weighted by Gasteiger charge is 2.15. The molecule has 1 aromatic carbocycles. The molecular weight excluding hydrogens is 390 g/mol. The predicted octanol–water partition coefficient (Wildman–Crippen LogP) is 4.72. The van der Waals surface area contributed by atoms with Crippen LogP contribution in [0.15, 0.2) is 48.8 Å². The zero-order valence-electron chi connectivity index (χ0n) is 14.9. The third kappa shape index (κ3) is 3.82. The van der Waals surface area contributed by atoms with Gasteiger partial charge in [0.1, 0.15) is 5.82 Å². The lowest BCUT2D eigenvalue weighted by Gasteiger charge is -2.10. The molecule has 1 N–H and O–H groups in total. The number of benzene rings is 1. The van der Waals surface area contributed by atoms with Gasteiger partial charge in [0.05, 0.1) is 29.5 Å². The topological polar surface area (TPSA) is 64.3 Å². The number of nitrogens with one attached hydrogen (secondary N) is 1. The summed E-state index contributed by atoms with van der Waals surface area (Å²) in [4.78, 5) is 12.7. The van der Waals surface area contributed by atoms with E-state index < -0.39 is 24.0 Å². The van der Waals surface area contributed by atoms with E-state index in [1.807, 2.05) is 0 Å². The zero-order chi connectivity index (χ0) is 20.5. The number of nitrogens with zero attached hydrogens (tertiary/aromatic N) is 4. The number of rotatable bonds is 5. The van der Waals surface area contributed by atoms with Gasteiger partial charge >= 0.3 is 6.61 Å². The summed E-state index contributed by atoms with van der Waals surface area (Å²) in [5.74, 6) is -1.32. The maximum absolute atomic E-state index is 13.9. The zero-order valence-corrected chi connectivity index (χ0v) is 14.9. The molecule has 0 saturated heterocycles. The Morgan fingerprint density at radius 1 is 1.10 bits per heavy atom. The fourth-order valence-electron chi connectivity index (χ4n) is 2.88. The molecule has 6 nitrogen and oxygen atoms in total. The molecule has 0 aliphatic carbocycles. The number of imidazole rings is 1. The van der Waals surface area contributed by atoms with Gasteiger partial charge in [-0.25, -0.2) is 23.7 Å². The van der Waals surface area contributed by atoms with E-state index in [1.54, 1.807) is 25.1 Å². The van der Waals surface area contributed by atoms with E-state index in [-0.39, 0.29) is 5.69 Å². The second kappa shape index (κ2) is 7.38. The second-order valence-corrected chi connectivity index (χ2v) is 6.04. The van der Waals surface area contributed by atoms with Crippen LogP contribution < -0.4 is 10.1 Å². The minimum absolute atomic E-state index is 0.288. The van der Waals surface area contributed by atoms with Crippen molar-refractivity contribution in [1.29, 1.82) is 0 Å². The lowest BCUT2D eigenvalue weighted by molar-refractivity contribution is -0.0521. The first-order valence-electron chi connectivity index (χ1n) is 8.40. The molecule has 0 saturated carbocycles. The molecule has 0 aliphatic rings. The summed E-state index contributed by atoms with van der Waals surface area (Å²) in [7, 11) is 0. The van der Waals surface area contributed by atoms with Gasteiger partial charge in [0.2, 0.25) is 5.78 Å². The molecule has 0 bridgehead atoms. The highest BCUT2D eigenvalue weighted by atomic mass is 19.3. The Labute approximate surface area is 161 Å². The molecule has 0 atom stereocenters. The van der Waals surface area contributed by atoms with E-state index in [0.717, 1.165) is 18.3 Å². The standard InChI is InChI=1S/C19H13F4N5O/c1-10-17(28-9-11(20)8-24-19(28)25-10)14-3-2-4-16(27-14)26-12-5-6-15(13(21)7-12)29-18(22)23/h2-9,18H,1H3,(H,26,27). The van der Waals surface area contributed by atoms with Gasteiger partial charge in [0, 0.05) is 11.8 Å². The smallest absolute Gasteiger partial charge is 0.387 e. The monoisotopic (exact) mass is 403 g/mol. The Balaban J connectivity index is 1.66. The number of hydrogen-bond acceptors (Lipinski definition) is 5. The van der Waals surface area contributed by atoms with Crippen LogP contribution in [0.2, 0.25) is 0 Å². The van der Waals surface area contributed by atoms with E-state index in [0.29, 0.717) is 28.7 Å². The Morgan fingerprint density at radius 2 is 1.93 bits per heavy atom. The first kappa shape index (κ1) is 18.7. The third-order valence-electron chi connectivity index (χ3n) is 4.03. The highest BCUT2D eigenvalue weighted by molar-refractivity contribution is 5.66. The van der Waals surface area contributed by atoms with Crippen molar-refractivity contribution in [2.75, 3.05) is 5.32 Å². The summed E-state index contributed by atoms with van der Waals surface area (Å²) >= 11 is 0. The van der Waals surface area contributed by atoms with Gasteiger partial charge < -0.3 is 10.1 Å². The van der Waals surface area contributed by atoms with Crippen molar-refractivity contribution in [3.63, 3.8) is 0 Å². The number of pyridine rings is 1. The van der Waals surface area contributed by atoms with Crippen molar-refractivity contribution in [3.05, 3.63) is 66.1 Å². The van der Waals surface area contributed by atoms with Crippen LogP contribution in [-0.2, 0) is 0 Å². The number of fused-ring (bicyclic) bond motifs is 1. The van der Waals surface area contributed by atoms with Crippen LogP contribution in [-0.4, -0.2) is 26.0 Å². The average molecular weight is 403 g/mol. The van der Waals surface area contributed by atoms with Crippen molar-refractivity contribution < 1.29 is 22.3 Å². The summed E-state index contributed by atoms with van der Waals surface area (Å²) in [6.45, 7) is -1.37. The van der Waals surface area contributed by atoms with Crippen LogP contribution in [0.5, 0.6) is 5.75 Å². The second-order valence-electron chi connectivity index (χ2n) is 6.04. The largest absolute Gasteiger partial charge is 0.432 e. The summed E-state index contributed by atoms with van der Waals surface area (Å²) in [5, 5.41) is 2.89. The summed E-state index contributed by atoms with van der Waals surface area (Å²) in [6.07, 6.45) is 2.34. The fourth-order valence-corrected chi connectivity index (χ4v) is 2.88. The first-order valence-corrected chi connectivity index (χ1v) is 8.40. The van der Waals surface area contributed by atoms with Crippen LogP contribution in [0, 0.1) is 18.6 Å². The fraction of sp³-hybridized carbons (Fsp3) is 0.105. The molecule has 10 heteroatoms. The van der Waals surface area contributed by atoms with Crippen molar-refractivity contribution in [2.45, 2.75) is 13.5 Å².